The predicted molar refractivity (Wildman–Crippen MR) is 74.6 cm³/mol. The molecule has 0 aliphatic carbocycles. The molecular formula is C13H14BrN3O. The zero-order valence-electron chi connectivity index (χ0n) is 10.2. The average molecular weight is 308 g/mol. The van der Waals surface area contributed by atoms with Gasteiger partial charge in [0.25, 0.3) is 5.91 Å². The summed E-state index contributed by atoms with van der Waals surface area (Å²) in [4.78, 5) is 11.6. The standard InChI is InChI=1S/C13H14BrN3O/c1-8-6-12(13(18)16-15)9(2)17(8)11-5-3-4-10(14)7-11/h3-7H,15H2,1-2H3,(H,16,18). The van der Waals surface area contributed by atoms with Gasteiger partial charge in [-0.25, -0.2) is 5.84 Å². The number of hydrazine groups is 1. The second-order valence-electron chi connectivity index (χ2n) is 4.07. The number of hydrogen-bond acceptors (Lipinski definition) is 2. The second kappa shape index (κ2) is 4.96. The van der Waals surface area contributed by atoms with E-state index >= 15 is 0 Å². The van der Waals surface area contributed by atoms with Gasteiger partial charge in [0.05, 0.1) is 5.56 Å². The highest BCUT2D eigenvalue weighted by Crippen LogP contribution is 2.22. The van der Waals surface area contributed by atoms with Crippen molar-refractivity contribution in [1.82, 2.24) is 9.99 Å². The van der Waals surface area contributed by atoms with Gasteiger partial charge in [-0.2, -0.15) is 0 Å². The van der Waals surface area contributed by atoms with E-state index in [1.807, 2.05) is 48.7 Å². The third-order valence-electron chi connectivity index (χ3n) is 2.87. The number of nitrogens with one attached hydrogen (secondary N) is 1. The summed E-state index contributed by atoms with van der Waals surface area (Å²) in [5, 5.41) is 0. The molecule has 1 aromatic heterocycles. The van der Waals surface area contributed by atoms with E-state index in [-0.39, 0.29) is 5.91 Å². The van der Waals surface area contributed by atoms with Gasteiger partial charge in [0.2, 0.25) is 0 Å². The smallest absolute Gasteiger partial charge is 0.267 e. The number of nitrogen functional groups attached to an aromatic ring is 1. The molecule has 0 bridgehead atoms. The SMILES string of the molecule is Cc1cc(C(=O)NN)c(C)n1-c1cccc(Br)c1. The van der Waals surface area contributed by atoms with E-state index in [9.17, 15) is 4.79 Å². The number of amides is 1. The molecule has 1 amide bonds. The summed E-state index contributed by atoms with van der Waals surface area (Å²) in [5.41, 5.74) is 5.63. The Kier molecular flexibility index (Phi) is 3.54. The fraction of sp³-hybridized carbons (Fsp3) is 0.154. The minimum Gasteiger partial charge on any atom is -0.318 e. The highest BCUT2D eigenvalue weighted by Gasteiger charge is 2.15. The molecule has 1 heterocycles. The first kappa shape index (κ1) is 12.9. The summed E-state index contributed by atoms with van der Waals surface area (Å²) in [6.07, 6.45) is 0. The molecule has 0 saturated heterocycles. The summed E-state index contributed by atoms with van der Waals surface area (Å²) in [6, 6.07) is 9.75. The largest absolute Gasteiger partial charge is 0.318 e. The topological polar surface area (TPSA) is 60.1 Å². The molecule has 0 atom stereocenters. The van der Waals surface area contributed by atoms with Crippen LogP contribution in [0.1, 0.15) is 21.7 Å². The number of aromatic nitrogens is 1. The number of carbonyl (C=O) groups excluding carboxylic acids is 1. The minimum atomic E-state index is -0.274. The number of benzene rings is 1. The highest BCUT2D eigenvalue weighted by molar-refractivity contribution is 9.10. The van der Waals surface area contributed by atoms with Gasteiger partial charge in [-0.05, 0) is 38.1 Å². The fourth-order valence-electron chi connectivity index (χ4n) is 2.08. The molecule has 94 valence electrons. The third kappa shape index (κ3) is 2.19. The number of nitrogens with two attached hydrogens (primary N) is 1. The van der Waals surface area contributed by atoms with Gasteiger partial charge in [-0.3, -0.25) is 10.2 Å². The molecule has 3 N–H and O–H groups in total. The highest BCUT2D eigenvalue weighted by atomic mass is 79.9. The van der Waals surface area contributed by atoms with Crippen molar-refractivity contribution in [3.63, 3.8) is 0 Å². The number of hydrogen-bond donors (Lipinski definition) is 2. The number of rotatable bonds is 2. The van der Waals surface area contributed by atoms with Gasteiger partial charge in [0.15, 0.2) is 0 Å². The summed E-state index contributed by atoms with van der Waals surface area (Å²) >= 11 is 3.45. The van der Waals surface area contributed by atoms with Crippen molar-refractivity contribution in [3.05, 3.63) is 51.8 Å². The van der Waals surface area contributed by atoms with Crippen LogP contribution in [0.25, 0.3) is 5.69 Å². The van der Waals surface area contributed by atoms with Crippen LogP contribution in [-0.2, 0) is 0 Å². The van der Waals surface area contributed by atoms with Crippen molar-refractivity contribution >= 4 is 21.8 Å². The molecule has 2 rings (SSSR count). The quantitative estimate of drug-likeness (QED) is 0.508. The van der Waals surface area contributed by atoms with Crippen molar-refractivity contribution in [1.29, 1.82) is 0 Å². The fourth-order valence-corrected chi connectivity index (χ4v) is 2.47. The van der Waals surface area contributed by atoms with Gasteiger partial charge >= 0.3 is 0 Å². The molecule has 2 aromatic rings. The molecular weight excluding hydrogens is 294 g/mol. The van der Waals surface area contributed by atoms with Crippen LogP contribution in [-0.4, -0.2) is 10.5 Å². The Bertz CT molecular complexity index is 604. The second-order valence-corrected chi connectivity index (χ2v) is 4.99. The van der Waals surface area contributed by atoms with E-state index in [0.717, 1.165) is 21.5 Å². The molecule has 0 radical (unpaired) electrons. The van der Waals surface area contributed by atoms with Gasteiger partial charge in [0, 0.05) is 21.5 Å². The number of nitrogens with zero attached hydrogens (tertiary/aromatic N) is 1. The van der Waals surface area contributed by atoms with E-state index in [1.54, 1.807) is 0 Å². The van der Waals surface area contributed by atoms with Crippen LogP contribution < -0.4 is 11.3 Å². The van der Waals surface area contributed by atoms with Crippen molar-refractivity contribution in [2.24, 2.45) is 5.84 Å². The van der Waals surface area contributed by atoms with Crippen molar-refractivity contribution < 1.29 is 4.79 Å². The van der Waals surface area contributed by atoms with Gasteiger partial charge < -0.3 is 4.57 Å². The minimum absolute atomic E-state index is 0.274. The predicted octanol–water partition coefficient (Wildman–Crippen LogP) is 2.46. The third-order valence-corrected chi connectivity index (χ3v) is 3.37. The van der Waals surface area contributed by atoms with Gasteiger partial charge in [-0.1, -0.05) is 22.0 Å². The van der Waals surface area contributed by atoms with E-state index in [2.05, 4.69) is 21.4 Å². The molecule has 0 saturated carbocycles. The van der Waals surface area contributed by atoms with E-state index in [4.69, 9.17) is 5.84 Å². The lowest BCUT2D eigenvalue weighted by Crippen LogP contribution is -2.30. The van der Waals surface area contributed by atoms with Crippen molar-refractivity contribution in [3.8, 4) is 5.69 Å². The molecule has 1 aromatic carbocycles. The van der Waals surface area contributed by atoms with Crippen molar-refractivity contribution in [2.75, 3.05) is 0 Å². The van der Waals surface area contributed by atoms with Crippen LogP contribution in [0.5, 0.6) is 0 Å². The Labute approximate surface area is 114 Å². The molecule has 4 nitrogen and oxygen atoms in total. The first-order valence-electron chi connectivity index (χ1n) is 5.50. The molecule has 0 aliphatic rings. The number of halogens is 1. The summed E-state index contributed by atoms with van der Waals surface area (Å²) in [5.74, 6) is 4.91. The molecule has 0 aliphatic heterocycles. The Morgan fingerprint density at radius 2 is 2.06 bits per heavy atom. The zero-order chi connectivity index (χ0) is 13.3. The summed E-state index contributed by atoms with van der Waals surface area (Å²) in [7, 11) is 0. The van der Waals surface area contributed by atoms with Crippen LogP contribution in [0.2, 0.25) is 0 Å². The Morgan fingerprint density at radius 1 is 1.33 bits per heavy atom. The van der Waals surface area contributed by atoms with Gasteiger partial charge in [-0.15, -0.1) is 0 Å². The van der Waals surface area contributed by atoms with Crippen LogP contribution in [0.15, 0.2) is 34.8 Å². The lowest BCUT2D eigenvalue weighted by atomic mass is 10.2. The summed E-state index contributed by atoms with van der Waals surface area (Å²) < 4.78 is 3.02. The molecule has 0 fully saturated rings. The summed E-state index contributed by atoms with van der Waals surface area (Å²) in [6.45, 7) is 3.86. The number of aryl methyl sites for hydroxylation is 1. The lowest BCUT2D eigenvalue weighted by molar-refractivity contribution is 0.0953. The van der Waals surface area contributed by atoms with Gasteiger partial charge in [0.1, 0.15) is 0 Å². The Hall–Kier alpha value is -1.59. The zero-order valence-corrected chi connectivity index (χ0v) is 11.8. The van der Waals surface area contributed by atoms with E-state index in [0.29, 0.717) is 5.56 Å². The van der Waals surface area contributed by atoms with Crippen LogP contribution >= 0.6 is 15.9 Å². The monoisotopic (exact) mass is 307 g/mol. The molecule has 18 heavy (non-hydrogen) atoms. The van der Waals surface area contributed by atoms with Crippen LogP contribution in [0.4, 0.5) is 0 Å². The first-order valence-corrected chi connectivity index (χ1v) is 6.29. The maximum absolute atomic E-state index is 11.6. The number of carbonyl (C=O) groups is 1. The Morgan fingerprint density at radius 3 is 2.67 bits per heavy atom. The molecule has 5 heteroatoms. The maximum atomic E-state index is 11.6. The van der Waals surface area contributed by atoms with Crippen LogP contribution in [0, 0.1) is 13.8 Å². The first-order chi connectivity index (χ1) is 8.54. The molecule has 0 spiro atoms. The molecule has 0 unspecified atom stereocenters. The average Bonchev–Trinajstić information content (AvgIpc) is 2.64. The van der Waals surface area contributed by atoms with Crippen molar-refractivity contribution in [2.45, 2.75) is 13.8 Å². The lowest BCUT2D eigenvalue weighted by Gasteiger charge is -2.10. The maximum Gasteiger partial charge on any atom is 0.267 e. The van der Waals surface area contributed by atoms with Crippen LogP contribution in [0.3, 0.4) is 0 Å². The Balaban J connectivity index is 2.59. The van der Waals surface area contributed by atoms with E-state index in [1.165, 1.54) is 0 Å². The normalized spacial score (nSPS) is 10.4. The van der Waals surface area contributed by atoms with E-state index < -0.39 is 0 Å².